The van der Waals surface area contributed by atoms with Crippen LogP contribution in [0, 0.1) is 39.9 Å². The van der Waals surface area contributed by atoms with Crippen molar-refractivity contribution < 1.29 is 33.6 Å². The fourth-order valence-electron chi connectivity index (χ4n) is 11.9. The minimum Gasteiger partial charge on any atom is -0.493 e. The minimum absolute atomic E-state index is 0.0881. The molecule has 0 aromatic heterocycles. The molecule has 1 aromatic rings. The van der Waals surface area contributed by atoms with Gasteiger partial charge in [0.15, 0.2) is 11.5 Å². The number of esters is 2. The van der Waals surface area contributed by atoms with Crippen LogP contribution in [0.2, 0.25) is 0 Å². The fourth-order valence-corrected chi connectivity index (χ4v) is 11.9. The van der Waals surface area contributed by atoms with E-state index in [0.717, 1.165) is 32.2 Å². The highest BCUT2D eigenvalue weighted by molar-refractivity contribution is 5.90. The second-order valence-electron chi connectivity index (χ2n) is 14.1. The van der Waals surface area contributed by atoms with Gasteiger partial charge in [-0.3, -0.25) is 4.79 Å². The number of fused-ring (bicyclic) bond motifs is 2. The van der Waals surface area contributed by atoms with Crippen LogP contribution in [0.1, 0.15) is 69.2 Å². The molecule has 7 fully saturated rings. The minimum atomic E-state index is -1.42. The van der Waals surface area contributed by atoms with E-state index in [1.54, 1.807) is 25.3 Å². The van der Waals surface area contributed by atoms with Crippen molar-refractivity contribution >= 4 is 11.9 Å². The van der Waals surface area contributed by atoms with E-state index >= 15 is 0 Å². The van der Waals surface area contributed by atoms with Crippen LogP contribution in [0.4, 0.5) is 0 Å². The molecule has 7 aliphatic rings. The largest absolute Gasteiger partial charge is 0.493 e. The van der Waals surface area contributed by atoms with Gasteiger partial charge in [0.25, 0.3) is 0 Å². The molecule has 1 heterocycles. The molecular formula is C32H43NO7. The Morgan fingerprint density at radius 3 is 2.55 bits per heavy atom. The number of carbonyl (C=O) groups excluding carboxylic acids is 2. The van der Waals surface area contributed by atoms with Crippen molar-refractivity contribution in [3.63, 3.8) is 0 Å². The van der Waals surface area contributed by atoms with Crippen molar-refractivity contribution in [2.75, 3.05) is 34.4 Å². The van der Waals surface area contributed by atoms with Crippen LogP contribution < -0.4 is 9.47 Å². The number of hydrogen-bond acceptors (Lipinski definition) is 8. The Labute approximate surface area is 236 Å². The number of likely N-dealkylation sites (tertiary alicyclic amines) is 1. The molecule has 8 nitrogen and oxygen atoms in total. The lowest BCUT2D eigenvalue weighted by molar-refractivity contribution is -0.287. The van der Waals surface area contributed by atoms with Gasteiger partial charge in [0.1, 0.15) is 18.3 Å². The van der Waals surface area contributed by atoms with Crippen molar-refractivity contribution in [2.45, 2.75) is 76.5 Å². The molecule has 1 saturated heterocycles. The Hall–Kier alpha value is -2.32. The summed E-state index contributed by atoms with van der Waals surface area (Å²) in [7, 11) is 5.39. The second kappa shape index (κ2) is 8.60. The molecule has 10 atom stereocenters. The molecule has 6 saturated carbocycles. The van der Waals surface area contributed by atoms with E-state index in [4.69, 9.17) is 18.9 Å². The Balaban J connectivity index is 1.32. The van der Waals surface area contributed by atoms with Gasteiger partial charge in [-0.2, -0.15) is 0 Å². The second-order valence-corrected chi connectivity index (χ2v) is 14.1. The van der Waals surface area contributed by atoms with Gasteiger partial charge >= 0.3 is 11.9 Å². The molecule has 8 rings (SSSR count). The predicted octanol–water partition coefficient (Wildman–Crippen LogP) is 4.08. The lowest BCUT2D eigenvalue weighted by Gasteiger charge is -2.69. The summed E-state index contributed by atoms with van der Waals surface area (Å²) in [4.78, 5) is 28.5. The first-order valence-corrected chi connectivity index (χ1v) is 15.0. The number of aliphatic hydroxyl groups is 1. The van der Waals surface area contributed by atoms with E-state index in [0.29, 0.717) is 46.3 Å². The van der Waals surface area contributed by atoms with Crippen LogP contribution in [0.5, 0.6) is 11.5 Å². The number of methoxy groups -OCH3 is 2. The lowest BCUT2D eigenvalue weighted by Crippen LogP contribution is -2.73. The summed E-state index contributed by atoms with van der Waals surface area (Å²) in [5, 5.41) is 12.5. The normalized spacial score (nSPS) is 46.0. The van der Waals surface area contributed by atoms with E-state index in [-0.39, 0.29) is 23.4 Å². The van der Waals surface area contributed by atoms with Gasteiger partial charge in [0, 0.05) is 24.9 Å². The van der Waals surface area contributed by atoms with Gasteiger partial charge in [0.05, 0.1) is 19.8 Å². The number of rotatable bonds is 6. The standard InChI is InChI=1S/C32H43NO7/c1-18(34)39-17-32(36)20-9-12-30(28(32)40-27(35)19-7-8-22(37-4)23(13-19)38-5)21-15-24-29(2)10-6-11-31(24,25(30)14-20)26(21)33(3)16-29/h7-8,13,20-21,24-26,28,36H,6,9-12,14-17H2,1-5H3. The van der Waals surface area contributed by atoms with E-state index in [2.05, 4.69) is 18.9 Å². The highest BCUT2D eigenvalue weighted by Crippen LogP contribution is 2.84. The molecule has 218 valence electrons. The van der Waals surface area contributed by atoms with Gasteiger partial charge in [-0.25, -0.2) is 4.79 Å². The summed E-state index contributed by atoms with van der Waals surface area (Å²) in [5.41, 5.74) is -0.896. The van der Waals surface area contributed by atoms with Crippen LogP contribution in [-0.2, 0) is 14.3 Å². The van der Waals surface area contributed by atoms with Crippen molar-refractivity contribution in [2.24, 2.45) is 39.9 Å². The third-order valence-electron chi connectivity index (χ3n) is 12.8. The van der Waals surface area contributed by atoms with Gasteiger partial charge in [-0.05, 0) is 98.3 Å². The zero-order chi connectivity index (χ0) is 28.2. The molecule has 7 bridgehead atoms. The summed E-state index contributed by atoms with van der Waals surface area (Å²) < 4.78 is 22.9. The van der Waals surface area contributed by atoms with Crippen molar-refractivity contribution in [3.8, 4) is 11.5 Å². The van der Waals surface area contributed by atoms with Gasteiger partial charge < -0.3 is 29.0 Å². The molecule has 6 aliphatic carbocycles. The lowest BCUT2D eigenvalue weighted by atomic mass is 9.38. The highest BCUT2D eigenvalue weighted by Gasteiger charge is 2.85. The smallest absolute Gasteiger partial charge is 0.338 e. The number of hydrogen-bond donors (Lipinski definition) is 1. The molecule has 0 amide bonds. The maximum atomic E-state index is 13.9. The summed E-state index contributed by atoms with van der Waals surface area (Å²) in [6.45, 7) is 4.84. The molecule has 0 radical (unpaired) electrons. The predicted molar refractivity (Wildman–Crippen MR) is 146 cm³/mol. The van der Waals surface area contributed by atoms with Gasteiger partial charge in [-0.15, -0.1) is 0 Å². The first-order valence-electron chi connectivity index (χ1n) is 15.0. The SMILES string of the molecule is COc1ccc(C(=O)OC2C(O)(COC(C)=O)C3CCC24C2CC5C6(C)CCCC5(C2N(C)C6)C4C3)cc1OC. The topological polar surface area (TPSA) is 94.5 Å². The Morgan fingerprint density at radius 2 is 1.82 bits per heavy atom. The quantitative estimate of drug-likeness (QED) is 0.527. The summed E-state index contributed by atoms with van der Waals surface area (Å²) in [6.07, 6.45) is 6.84. The number of benzene rings is 1. The first-order chi connectivity index (χ1) is 19.0. The molecule has 1 aromatic carbocycles. The van der Waals surface area contributed by atoms with Crippen LogP contribution in [0.15, 0.2) is 18.2 Å². The molecule has 40 heavy (non-hydrogen) atoms. The molecule has 2 spiro atoms. The summed E-state index contributed by atoms with van der Waals surface area (Å²) in [6, 6.07) is 5.45. The molecule has 10 unspecified atom stereocenters. The molecular weight excluding hydrogens is 510 g/mol. The third-order valence-corrected chi connectivity index (χ3v) is 12.8. The Morgan fingerprint density at radius 1 is 1.05 bits per heavy atom. The molecule has 1 aliphatic heterocycles. The van der Waals surface area contributed by atoms with Crippen LogP contribution in [0.25, 0.3) is 0 Å². The Bertz CT molecular complexity index is 1250. The summed E-state index contributed by atoms with van der Waals surface area (Å²) in [5.74, 6) is 1.37. The monoisotopic (exact) mass is 553 g/mol. The van der Waals surface area contributed by atoms with E-state index in [1.807, 2.05) is 0 Å². The van der Waals surface area contributed by atoms with Crippen molar-refractivity contribution in [3.05, 3.63) is 23.8 Å². The average Bonchev–Trinajstić information content (AvgIpc) is 3.37. The maximum Gasteiger partial charge on any atom is 0.338 e. The van der Waals surface area contributed by atoms with Crippen molar-refractivity contribution in [1.29, 1.82) is 0 Å². The summed E-state index contributed by atoms with van der Waals surface area (Å²) >= 11 is 0. The Kier molecular flexibility index (Phi) is 5.71. The third kappa shape index (κ3) is 3.10. The number of ether oxygens (including phenoxy) is 4. The van der Waals surface area contributed by atoms with E-state index in [9.17, 15) is 14.7 Å². The maximum absolute atomic E-state index is 13.9. The fraction of sp³-hybridized carbons (Fsp3) is 0.750. The number of carbonyl (C=O) groups is 2. The van der Waals surface area contributed by atoms with Crippen LogP contribution in [-0.4, -0.2) is 74.1 Å². The van der Waals surface area contributed by atoms with Crippen LogP contribution in [0.3, 0.4) is 0 Å². The van der Waals surface area contributed by atoms with Crippen LogP contribution >= 0.6 is 0 Å². The first kappa shape index (κ1) is 26.6. The number of nitrogens with zero attached hydrogens (tertiary/aromatic N) is 1. The van der Waals surface area contributed by atoms with Crippen molar-refractivity contribution in [1.82, 2.24) is 4.90 Å². The number of piperidine rings is 1. The van der Waals surface area contributed by atoms with E-state index in [1.165, 1.54) is 33.3 Å². The zero-order valence-electron chi connectivity index (χ0n) is 24.4. The van der Waals surface area contributed by atoms with Gasteiger partial charge in [-0.1, -0.05) is 13.3 Å². The average molecular weight is 554 g/mol. The van der Waals surface area contributed by atoms with Gasteiger partial charge in [0.2, 0.25) is 0 Å². The molecule has 1 N–H and O–H groups in total. The van der Waals surface area contributed by atoms with E-state index < -0.39 is 23.6 Å². The molecule has 8 heteroatoms. The highest BCUT2D eigenvalue weighted by atomic mass is 16.6. The zero-order valence-corrected chi connectivity index (χ0v) is 24.4.